The lowest BCUT2D eigenvalue weighted by Crippen LogP contribution is -2.22. The van der Waals surface area contributed by atoms with Crippen molar-refractivity contribution in [2.75, 3.05) is 11.9 Å². The summed E-state index contributed by atoms with van der Waals surface area (Å²) in [5, 5.41) is 16.7. The number of hydrogen-bond acceptors (Lipinski definition) is 6. The lowest BCUT2D eigenvalue weighted by molar-refractivity contribution is 0.0801. The van der Waals surface area contributed by atoms with E-state index in [1.54, 1.807) is 17.1 Å². The molecule has 8 heteroatoms. The zero-order valence-corrected chi connectivity index (χ0v) is 16.6. The van der Waals surface area contributed by atoms with Crippen molar-refractivity contribution in [3.05, 3.63) is 29.8 Å². The van der Waals surface area contributed by atoms with Crippen molar-refractivity contribution in [2.24, 2.45) is 0 Å². The number of ether oxygens (including phenoxy) is 1. The molecule has 0 saturated carbocycles. The number of nitriles is 1. The predicted octanol–water partition coefficient (Wildman–Crippen LogP) is 3.72. The van der Waals surface area contributed by atoms with Gasteiger partial charge in [0.25, 0.3) is 0 Å². The molecule has 0 atom stereocenters. The molecule has 0 aliphatic heterocycles. The van der Waals surface area contributed by atoms with Gasteiger partial charge in [-0.15, -0.1) is 0 Å². The Hall–Kier alpha value is -2.24. The molecule has 1 N–H and O–H groups in total. The van der Waals surface area contributed by atoms with Crippen LogP contribution in [0, 0.1) is 11.3 Å². The SMILES string of the molecule is CC(C)c1cnc(Nc2c(C#N)cnn2COCC[Si](C)(C)C)cn1. The molecule has 0 radical (unpaired) electrons. The molecule has 134 valence electrons. The summed E-state index contributed by atoms with van der Waals surface area (Å²) >= 11 is 0. The average Bonchev–Trinajstić information content (AvgIpc) is 2.93. The van der Waals surface area contributed by atoms with Gasteiger partial charge in [0.1, 0.15) is 24.2 Å². The van der Waals surface area contributed by atoms with E-state index in [0.717, 1.165) is 11.7 Å². The topological polar surface area (TPSA) is 88.7 Å². The van der Waals surface area contributed by atoms with E-state index in [0.29, 0.717) is 36.5 Å². The fourth-order valence-corrected chi connectivity index (χ4v) is 2.81. The minimum Gasteiger partial charge on any atom is -0.359 e. The van der Waals surface area contributed by atoms with Crippen LogP contribution in [0.25, 0.3) is 0 Å². The summed E-state index contributed by atoms with van der Waals surface area (Å²) in [7, 11) is -1.13. The molecule has 0 bridgehead atoms. The van der Waals surface area contributed by atoms with Crippen LogP contribution in [0.1, 0.15) is 31.0 Å². The third kappa shape index (κ3) is 5.65. The normalized spacial score (nSPS) is 11.6. The second kappa shape index (κ2) is 8.23. The van der Waals surface area contributed by atoms with Gasteiger partial charge in [-0.2, -0.15) is 10.4 Å². The Bertz CT molecular complexity index is 727. The summed E-state index contributed by atoms with van der Waals surface area (Å²) < 4.78 is 7.37. The molecule has 2 aromatic rings. The highest BCUT2D eigenvalue weighted by molar-refractivity contribution is 6.76. The van der Waals surface area contributed by atoms with E-state index < -0.39 is 8.07 Å². The first-order valence-electron chi connectivity index (χ1n) is 8.43. The van der Waals surface area contributed by atoms with Crippen LogP contribution in [0.15, 0.2) is 18.6 Å². The third-order valence-electron chi connectivity index (χ3n) is 3.68. The Morgan fingerprint density at radius 2 is 2.00 bits per heavy atom. The van der Waals surface area contributed by atoms with Gasteiger partial charge in [-0.1, -0.05) is 33.5 Å². The number of hydrogen-bond donors (Lipinski definition) is 1. The molecule has 7 nitrogen and oxygen atoms in total. The van der Waals surface area contributed by atoms with E-state index in [-0.39, 0.29) is 0 Å². The molecule has 0 aromatic carbocycles. The Balaban J connectivity index is 2.06. The lowest BCUT2D eigenvalue weighted by atomic mass is 10.1. The molecule has 2 heterocycles. The monoisotopic (exact) mass is 358 g/mol. The summed E-state index contributed by atoms with van der Waals surface area (Å²) in [6.45, 7) is 12.1. The number of aromatic nitrogens is 4. The molecule has 0 amide bonds. The second-order valence-corrected chi connectivity index (χ2v) is 13.1. The van der Waals surface area contributed by atoms with Gasteiger partial charge in [-0.05, 0) is 12.0 Å². The van der Waals surface area contributed by atoms with Gasteiger partial charge in [0.2, 0.25) is 0 Å². The summed E-state index contributed by atoms with van der Waals surface area (Å²) in [4.78, 5) is 8.74. The predicted molar refractivity (Wildman–Crippen MR) is 100 cm³/mol. The van der Waals surface area contributed by atoms with Crippen LogP contribution < -0.4 is 5.32 Å². The van der Waals surface area contributed by atoms with Gasteiger partial charge in [0.05, 0.1) is 24.3 Å². The standard InChI is InChI=1S/C17H26N6OSi/c1-13(2)15-10-20-16(11-19-15)22-17-14(8-18)9-21-23(17)12-24-6-7-25(3,4)5/h9-11,13H,6-7,12H2,1-5H3,(H,20,22). The van der Waals surface area contributed by atoms with Crippen LogP contribution in [0.3, 0.4) is 0 Å². The highest BCUT2D eigenvalue weighted by Gasteiger charge is 2.14. The highest BCUT2D eigenvalue weighted by atomic mass is 28.3. The summed E-state index contributed by atoms with van der Waals surface area (Å²) in [6, 6.07) is 3.23. The highest BCUT2D eigenvalue weighted by Crippen LogP contribution is 2.20. The minimum atomic E-state index is -1.13. The van der Waals surface area contributed by atoms with Crippen LogP contribution >= 0.6 is 0 Å². The van der Waals surface area contributed by atoms with Crippen molar-refractivity contribution in [3.8, 4) is 6.07 Å². The third-order valence-corrected chi connectivity index (χ3v) is 5.38. The number of anilines is 2. The quantitative estimate of drug-likeness (QED) is 0.571. The van der Waals surface area contributed by atoms with Crippen molar-refractivity contribution >= 4 is 19.7 Å². The molecule has 0 aliphatic rings. The molecule has 2 aromatic heterocycles. The van der Waals surface area contributed by atoms with Gasteiger partial charge in [0.15, 0.2) is 5.82 Å². The van der Waals surface area contributed by atoms with E-state index in [2.05, 4.69) is 59.9 Å². The maximum Gasteiger partial charge on any atom is 0.150 e. The van der Waals surface area contributed by atoms with E-state index in [1.165, 1.54) is 6.20 Å². The van der Waals surface area contributed by atoms with Gasteiger partial charge in [-0.25, -0.2) is 9.67 Å². The first-order chi connectivity index (χ1) is 11.8. The first kappa shape index (κ1) is 19.1. The van der Waals surface area contributed by atoms with E-state index >= 15 is 0 Å². The molecular formula is C17H26N6OSi. The molecule has 0 spiro atoms. The zero-order chi connectivity index (χ0) is 18.4. The first-order valence-corrected chi connectivity index (χ1v) is 12.1. The fourth-order valence-electron chi connectivity index (χ4n) is 2.05. The summed E-state index contributed by atoms with van der Waals surface area (Å²) in [6.07, 6.45) is 4.93. The van der Waals surface area contributed by atoms with Crippen LogP contribution in [-0.4, -0.2) is 34.4 Å². The molecule has 0 unspecified atom stereocenters. The maximum absolute atomic E-state index is 9.29. The van der Waals surface area contributed by atoms with Gasteiger partial charge in [-0.3, -0.25) is 4.98 Å². The fraction of sp³-hybridized carbons (Fsp3) is 0.529. The smallest absolute Gasteiger partial charge is 0.150 e. The van der Waals surface area contributed by atoms with Crippen molar-refractivity contribution in [1.29, 1.82) is 5.26 Å². The van der Waals surface area contributed by atoms with Gasteiger partial charge in [0, 0.05) is 14.7 Å². The van der Waals surface area contributed by atoms with E-state index in [1.807, 2.05) is 0 Å². The van der Waals surface area contributed by atoms with Gasteiger partial charge < -0.3 is 10.1 Å². The van der Waals surface area contributed by atoms with Gasteiger partial charge >= 0.3 is 0 Å². The minimum absolute atomic E-state index is 0.298. The average molecular weight is 359 g/mol. The lowest BCUT2D eigenvalue weighted by Gasteiger charge is -2.16. The maximum atomic E-state index is 9.29. The number of nitrogens with zero attached hydrogens (tertiary/aromatic N) is 5. The molecule has 0 aliphatic carbocycles. The van der Waals surface area contributed by atoms with Crippen molar-refractivity contribution in [2.45, 2.75) is 52.2 Å². The van der Waals surface area contributed by atoms with Crippen LogP contribution in [0.2, 0.25) is 25.7 Å². The summed E-state index contributed by atoms with van der Waals surface area (Å²) in [5.41, 5.74) is 1.37. The van der Waals surface area contributed by atoms with E-state index in [4.69, 9.17) is 4.74 Å². The van der Waals surface area contributed by atoms with Crippen LogP contribution in [0.4, 0.5) is 11.6 Å². The van der Waals surface area contributed by atoms with Crippen LogP contribution in [0.5, 0.6) is 0 Å². The van der Waals surface area contributed by atoms with Crippen molar-refractivity contribution in [3.63, 3.8) is 0 Å². The molecule has 0 saturated heterocycles. The Morgan fingerprint density at radius 1 is 1.24 bits per heavy atom. The number of nitrogens with one attached hydrogen (secondary N) is 1. The Morgan fingerprint density at radius 3 is 2.56 bits per heavy atom. The van der Waals surface area contributed by atoms with E-state index in [9.17, 15) is 5.26 Å². The molecule has 2 rings (SSSR count). The van der Waals surface area contributed by atoms with Crippen molar-refractivity contribution < 1.29 is 4.74 Å². The molecule has 25 heavy (non-hydrogen) atoms. The van der Waals surface area contributed by atoms with Crippen molar-refractivity contribution in [1.82, 2.24) is 19.7 Å². The largest absolute Gasteiger partial charge is 0.359 e. The Labute approximate surface area is 150 Å². The van der Waals surface area contributed by atoms with Crippen LogP contribution in [-0.2, 0) is 11.5 Å². The Kier molecular flexibility index (Phi) is 6.28. The molecular weight excluding hydrogens is 332 g/mol. The second-order valence-electron chi connectivity index (χ2n) is 7.47. The summed E-state index contributed by atoms with van der Waals surface area (Å²) in [5.74, 6) is 1.47. The number of rotatable bonds is 8. The molecule has 0 fully saturated rings. The zero-order valence-electron chi connectivity index (χ0n) is 15.6.